The second kappa shape index (κ2) is 9.06. The van der Waals surface area contributed by atoms with E-state index in [9.17, 15) is 9.18 Å². The van der Waals surface area contributed by atoms with E-state index in [1.165, 1.54) is 12.1 Å². The highest BCUT2D eigenvalue weighted by atomic mass is 19.1. The number of hydrogen-bond donors (Lipinski definition) is 1. The third-order valence-corrected chi connectivity index (χ3v) is 3.73. The van der Waals surface area contributed by atoms with E-state index in [0.29, 0.717) is 26.2 Å². The van der Waals surface area contributed by atoms with Gasteiger partial charge in [0.25, 0.3) is 0 Å². The highest BCUT2D eigenvalue weighted by Crippen LogP contribution is 2.05. The summed E-state index contributed by atoms with van der Waals surface area (Å²) >= 11 is 0. The number of likely N-dealkylation sites (N-methyl/N-ethyl adjacent to an activating group) is 1. The molecule has 0 atom stereocenters. The van der Waals surface area contributed by atoms with E-state index >= 15 is 0 Å². The number of carbonyl (C=O) groups is 1. The fourth-order valence-electron chi connectivity index (χ4n) is 2.37. The monoisotopic (exact) mass is 314 g/mol. The number of benzene rings is 2. The van der Waals surface area contributed by atoms with Gasteiger partial charge in [-0.05, 0) is 43.1 Å². The maximum Gasteiger partial charge on any atom is 0.236 e. The van der Waals surface area contributed by atoms with Gasteiger partial charge in [-0.15, -0.1) is 0 Å². The Kier molecular flexibility index (Phi) is 6.76. The lowest BCUT2D eigenvalue weighted by molar-refractivity contribution is -0.130. The molecule has 0 fully saturated rings. The zero-order valence-electron chi connectivity index (χ0n) is 13.5. The minimum absolute atomic E-state index is 0.0930. The fraction of sp³-hybridized carbons (Fsp3) is 0.316. The predicted octanol–water partition coefficient (Wildman–Crippen LogP) is 3.01. The molecule has 4 heteroatoms. The van der Waals surface area contributed by atoms with Gasteiger partial charge >= 0.3 is 0 Å². The van der Waals surface area contributed by atoms with Crippen LogP contribution in [0.3, 0.4) is 0 Å². The predicted molar refractivity (Wildman–Crippen MR) is 90.5 cm³/mol. The number of carbonyl (C=O) groups excluding carboxylic acids is 1. The van der Waals surface area contributed by atoms with Crippen LogP contribution in [0.25, 0.3) is 0 Å². The lowest BCUT2D eigenvalue weighted by atomic mass is 10.1. The molecule has 0 saturated heterocycles. The normalized spacial score (nSPS) is 10.5. The molecule has 0 unspecified atom stereocenters. The molecule has 23 heavy (non-hydrogen) atoms. The molecule has 0 heterocycles. The van der Waals surface area contributed by atoms with Crippen LogP contribution in [0.2, 0.25) is 0 Å². The minimum atomic E-state index is -0.226. The first-order valence-electron chi connectivity index (χ1n) is 7.96. The number of rotatable bonds is 8. The van der Waals surface area contributed by atoms with E-state index in [0.717, 1.165) is 17.5 Å². The van der Waals surface area contributed by atoms with Gasteiger partial charge in [0.05, 0.1) is 6.54 Å². The summed E-state index contributed by atoms with van der Waals surface area (Å²) in [4.78, 5) is 14.1. The summed E-state index contributed by atoms with van der Waals surface area (Å²) in [6.45, 7) is 4.32. The molecule has 0 aliphatic heterocycles. The Hall–Kier alpha value is -2.20. The first kappa shape index (κ1) is 17.2. The number of nitrogens with one attached hydrogen (secondary N) is 1. The Labute approximate surface area is 137 Å². The van der Waals surface area contributed by atoms with Crippen molar-refractivity contribution in [3.63, 3.8) is 0 Å². The van der Waals surface area contributed by atoms with E-state index < -0.39 is 0 Å². The summed E-state index contributed by atoms with van der Waals surface area (Å²) in [5, 5.41) is 3.16. The first-order valence-corrected chi connectivity index (χ1v) is 7.96. The first-order chi connectivity index (χ1) is 11.2. The molecular weight excluding hydrogens is 291 g/mol. The minimum Gasteiger partial charge on any atom is -0.338 e. The Morgan fingerprint density at radius 1 is 1.04 bits per heavy atom. The van der Waals surface area contributed by atoms with Gasteiger partial charge < -0.3 is 10.2 Å². The summed E-state index contributed by atoms with van der Waals surface area (Å²) in [6, 6.07) is 16.4. The number of halogens is 1. The van der Waals surface area contributed by atoms with Gasteiger partial charge in [0.1, 0.15) is 5.82 Å². The van der Waals surface area contributed by atoms with E-state index in [4.69, 9.17) is 0 Å². The molecule has 0 saturated carbocycles. The molecule has 1 amide bonds. The summed E-state index contributed by atoms with van der Waals surface area (Å²) in [6.07, 6.45) is 0.776. The molecule has 3 nitrogen and oxygen atoms in total. The molecule has 2 rings (SSSR count). The Morgan fingerprint density at radius 3 is 2.39 bits per heavy atom. The summed E-state index contributed by atoms with van der Waals surface area (Å²) in [5.41, 5.74) is 2.19. The van der Waals surface area contributed by atoms with Crippen molar-refractivity contribution >= 4 is 5.91 Å². The van der Waals surface area contributed by atoms with Crippen LogP contribution < -0.4 is 5.32 Å². The molecule has 2 aromatic carbocycles. The van der Waals surface area contributed by atoms with Gasteiger partial charge in [0, 0.05) is 13.1 Å². The van der Waals surface area contributed by atoms with Crippen molar-refractivity contribution < 1.29 is 9.18 Å². The van der Waals surface area contributed by atoms with Crippen molar-refractivity contribution in [3.8, 4) is 0 Å². The van der Waals surface area contributed by atoms with Crippen molar-refractivity contribution in [2.75, 3.05) is 19.6 Å². The van der Waals surface area contributed by atoms with Crippen molar-refractivity contribution in [1.29, 1.82) is 0 Å². The van der Waals surface area contributed by atoms with Crippen LogP contribution in [-0.2, 0) is 17.8 Å². The number of hydrogen-bond acceptors (Lipinski definition) is 2. The van der Waals surface area contributed by atoms with E-state index in [1.807, 2.05) is 42.2 Å². The van der Waals surface area contributed by atoms with Crippen molar-refractivity contribution in [2.24, 2.45) is 0 Å². The summed E-state index contributed by atoms with van der Waals surface area (Å²) in [5.74, 6) is -0.133. The average Bonchev–Trinajstić information content (AvgIpc) is 2.59. The van der Waals surface area contributed by atoms with Crippen molar-refractivity contribution in [2.45, 2.75) is 19.9 Å². The zero-order chi connectivity index (χ0) is 16.5. The smallest absolute Gasteiger partial charge is 0.236 e. The van der Waals surface area contributed by atoms with Crippen LogP contribution in [0, 0.1) is 5.82 Å². The van der Waals surface area contributed by atoms with E-state index in [-0.39, 0.29) is 11.7 Å². The molecule has 0 aliphatic rings. The standard InChI is InChI=1S/C19H23FN2O/c1-2-22(15-17-6-4-3-5-7-17)19(23)14-21-13-12-16-8-10-18(20)11-9-16/h3-11,21H,2,12-15H2,1H3. The fourth-order valence-corrected chi connectivity index (χ4v) is 2.37. The van der Waals surface area contributed by atoms with Gasteiger partial charge in [-0.1, -0.05) is 42.5 Å². The van der Waals surface area contributed by atoms with Gasteiger partial charge in [0.15, 0.2) is 0 Å². The molecule has 0 bridgehead atoms. The highest BCUT2D eigenvalue weighted by Gasteiger charge is 2.11. The van der Waals surface area contributed by atoms with Gasteiger partial charge in [-0.2, -0.15) is 0 Å². The van der Waals surface area contributed by atoms with Gasteiger partial charge in [0.2, 0.25) is 5.91 Å². The topological polar surface area (TPSA) is 32.3 Å². The van der Waals surface area contributed by atoms with Crippen molar-refractivity contribution in [3.05, 3.63) is 71.5 Å². The average molecular weight is 314 g/mol. The van der Waals surface area contributed by atoms with Crippen LogP contribution in [0.1, 0.15) is 18.1 Å². The van der Waals surface area contributed by atoms with Crippen molar-refractivity contribution in [1.82, 2.24) is 10.2 Å². The van der Waals surface area contributed by atoms with E-state index in [2.05, 4.69) is 5.32 Å². The Bertz CT molecular complexity index is 599. The van der Waals surface area contributed by atoms with Crippen LogP contribution >= 0.6 is 0 Å². The third kappa shape index (κ3) is 5.83. The lowest BCUT2D eigenvalue weighted by Gasteiger charge is -2.21. The Balaban J connectivity index is 1.73. The summed E-state index contributed by atoms with van der Waals surface area (Å²) in [7, 11) is 0. The van der Waals surface area contributed by atoms with Crippen LogP contribution in [-0.4, -0.2) is 30.4 Å². The molecule has 0 aliphatic carbocycles. The zero-order valence-corrected chi connectivity index (χ0v) is 13.5. The largest absolute Gasteiger partial charge is 0.338 e. The van der Waals surface area contributed by atoms with E-state index in [1.54, 1.807) is 12.1 Å². The van der Waals surface area contributed by atoms with Gasteiger partial charge in [-0.25, -0.2) is 4.39 Å². The summed E-state index contributed by atoms with van der Waals surface area (Å²) < 4.78 is 12.8. The highest BCUT2D eigenvalue weighted by molar-refractivity contribution is 5.78. The van der Waals surface area contributed by atoms with Gasteiger partial charge in [-0.3, -0.25) is 4.79 Å². The molecular formula is C19H23FN2O. The SMILES string of the molecule is CCN(Cc1ccccc1)C(=O)CNCCc1ccc(F)cc1. The molecule has 0 spiro atoms. The second-order valence-corrected chi connectivity index (χ2v) is 5.45. The second-order valence-electron chi connectivity index (χ2n) is 5.45. The maximum absolute atomic E-state index is 12.8. The molecule has 122 valence electrons. The molecule has 0 aromatic heterocycles. The quantitative estimate of drug-likeness (QED) is 0.760. The number of nitrogens with zero attached hydrogens (tertiary/aromatic N) is 1. The number of amides is 1. The van der Waals surface area contributed by atoms with Crippen LogP contribution in [0.4, 0.5) is 4.39 Å². The molecule has 0 radical (unpaired) electrons. The molecule has 2 aromatic rings. The maximum atomic E-state index is 12.8. The molecule has 1 N–H and O–H groups in total. The third-order valence-electron chi connectivity index (χ3n) is 3.73. The van der Waals surface area contributed by atoms with Crippen LogP contribution in [0.5, 0.6) is 0 Å². The van der Waals surface area contributed by atoms with Crippen LogP contribution in [0.15, 0.2) is 54.6 Å². The lowest BCUT2D eigenvalue weighted by Crippen LogP contribution is -2.38. The Morgan fingerprint density at radius 2 is 1.74 bits per heavy atom.